The fourth-order valence-corrected chi connectivity index (χ4v) is 1.92. The van der Waals surface area contributed by atoms with E-state index in [9.17, 15) is 0 Å². The Morgan fingerprint density at radius 3 is 2.53 bits per heavy atom. The molecular weight excluding hydrogens is 299 g/mol. The lowest BCUT2D eigenvalue weighted by atomic mass is 10.2. The summed E-state index contributed by atoms with van der Waals surface area (Å²) in [7, 11) is 0. The third kappa shape index (κ3) is 5.49. The molecule has 0 fully saturated rings. The third-order valence-electron chi connectivity index (χ3n) is 2.18. The Kier molecular flexibility index (Phi) is 6.96. The van der Waals surface area contributed by atoms with Gasteiger partial charge in [0, 0.05) is 23.2 Å². The topological polar surface area (TPSA) is 24.1 Å². The molecule has 0 aliphatic heterocycles. The Labute approximate surface area is 106 Å². The van der Waals surface area contributed by atoms with Gasteiger partial charge in [-0.15, -0.1) is 0 Å². The summed E-state index contributed by atoms with van der Waals surface area (Å²) in [6.45, 7) is 6.35. The van der Waals surface area contributed by atoms with Crippen LogP contribution in [-0.2, 0) is 6.54 Å². The zero-order chi connectivity index (χ0) is 10.9. The summed E-state index contributed by atoms with van der Waals surface area (Å²) in [6.07, 6.45) is 1.20. The Hall–Kier alpha value is -0.130. The minimum absolute atomic E-state index is 0.965. The molecule has 15 heavy (non-hydrogen) atoms. The maximum atomic E-state index is 3.43. The molecule has 0 aliphatic rings. The van der Waals surface area contributed by atoms with Crippen molar-refractivity contribution in [3.05, 3.63) is 33.4 Å². The predicted molar refractivity (Wildman–Crippen MR) is 74.0 cm³/mol. The lowest BCUT2D eigenvalue weighted by Gasteiger charge is -2.07. The van der Waals surface area contributed by atoms with Crippen LogP contribution >= 0.6 is 22.6 Å². The van der Waals surface area contributed by atoms with E-state index < -0.39 is 0 Å². The van der Waals surface area contributed by atoms with Crippen molar-refractivity contribution in [3.8, 4) is 0 Å². The maximum absolute atomic E-state index is 3.43. The molecule has 1 rings (SSSR count). The smallest absolute Gasteiger partial charge is 0.0216 e. The number of halogens is 1. The van der Waals surface area contributed by atoms with Gasteiger partial charge in [0.2, 0.25) is 0 Å². The number of rotatable bonds is 7. The second-order valence-corrected chi connectivity index (χ2v) is 4.68. The van der Waals surface area contributed by atoms with E-state index in [0.717, 1.165) is 26.2 Å². The standard InChI is InChI=1S/C12H19IN2/c1-2-7-14-8-9-15-10-11-5-3-4-6-12(11)13/h3-6,14-15H,2,7-10H2,1H3. The van der Waals surface area contributed by atoms with E-state index in [1.165, 1.54) is 15.6 Å². The Balaban J connectivity index is 2.12. The lowest BCUT2D eigenvalue weighted by Crippen LogP contribution is -2.27. The first kappa shape index (κ1) is 12.9. The predicted octanol–water partition coefficient (Wildman–Crippen LogP) is 2.38. The SMILES string of the molecule is CCCNCCNCc1ccccc1I. The summed E-state index contributed by atoms with van der Waals surface area (Å²) in [6, 6.07) is 8.49. The van der Waals surface area contributed by atoms with Crippen molar-refractivity contribution in [2.75, 3.05) is 19.6 Å². The van der Waals surface area contributed by atoms with Crippen molar-refractivity contribution in [3.63, 3.8) is 0 Å². The molecule has 0 unspecified atom stereocenters. The monoisotopic (exact) mass is 318 g/mol. The van der Waals surface area contributed by atoms with E-state index in [1.807, 2.05) is 0 Å². The van der Waals surface area contributed by atoms with Crippen LogP contribution in [0.1, 0.15) is 18.9 Å². The van der Waals surface area contributed by atoms with Gasteiger partial charge in [0.15, 0.2) is 0 Å². The van der Waals surface area contributed by atoms with E-state index >= 15 is 0 Å². The van der Waals surface area contributed by atoms with Gasteiger partial charge in [-0.1, -0.05) is 25.1 Å². The van der Waals surface area contributed by atoms with Crippen LogP contribution < -0.4 is 10.6 Å². The van der Waals surface area contributed by atoms with Crippen LogP contribution in [0.4, 0.5) is 0 Å². The molecule has 3 heteroatoms. The molecule has 0 aliphatic carbocycles. The molecule has 2 N–H and O–H groups in total. The summed E-state index contributed by atoms with van der Waals surface area (Å²) in [4.78, 5) is 0. The average Bonchev–Trinajstić information content (AvgIpc) is 2.25. The highest BCUT2D eigenvalue weighted by molar-refractivity contribution is 14.1. The highest BCUT2D eigenvalue weighted by atomic mass is 127. The van der Waals surface area contributed by atoms with Crippen LogP contribution in [0.15, 0.2) is 24.3 Å². The summed E-state index contributed by atoms with van der Waals surface area (Å²) < 4.78 is 1.34. The summed E-state index contributed by atoms with van der Waals surface area (Å²) in [5, 5.41) is 6.81. The quantitative estimate of drug-likeness (QED) is 0.596. The van der Waals surface area contributed by atoms with Crippen LogP contribution in [0.25, 0.3) is 0 Å². The molecule has 0 heterocycles. The Bertz CT molecular complexity index is 276. The Morgan fingerprint density at radius 2 is 1.80 bits per heavy atom. The van der Waals surface area contributed by atoms with Crippen molar-refractivity contribution in [1.29, 1.82) is 0 Å². The van der Waals surface area contributed by atoms with Gasteiger partial charge in [-0.3, -0.25) is 0 Å². The largest absolute Gasteiger partial charge is 0.315 e. The second kappa shape index (κ2) is 8.07. The molecule has 0 bridgehead atoms. The number of benzene rings is 1. The zero-order valence-electron chi connectivity index (χ0n) is 9.22. The van der Waals surface area contributed by atoms with Gasteiger partial charge < -0.3 is 10.6 Å². The van der Waals surface area contributed by atoms with Gasteiger partial charge in [0.05, 0.1) is 0 Å². The molecule has 0 spiro atoms. The van der Waals surface area contributed by atoms with Crippen molar-refractivity contribution >= 4 is 22.6 Å². The van der Waals surface area contributed by atoms with Crippen LogP contribution in [0, 0.1) is 3.57 Å². The summed E-state index contributed by atoms with van der Waals surface area (Å²) in [5.41, 5.74) is 1.38. The van der Waals surface area contributed by atoms with Gasteiger partial charge >= 0.3 is 0 Å². The van der Waals surface area contributed by atoms with Crippen molar-refractivity contribution in [2.24, 2.45) is 0 Å². The molecule has 2 nitrogen and oxygen atoms in total. The first-order valence-electron chi connectivity index (χ1n) is 5.49. The molecular formula is C12H19IN2. The van der Waals surface area contributed by atoms with Crippen LogP contribution in [0.3, 0.4) is 0 Å². The van der Waals surface area contributed by atoms with Gasteiger partial charge in [-0.2, -0.15) is 0 Å². The Morgan fingerprint density at radius 1 is 1.07 bits per heavy atom. The molecule has 0 saturated heterocycles. The van der Waals surface area contributed by atoms with Gasteiger partial charge in [0.1, 0.15) is 0 Å². The van der Waals surface area contributed by atoms with Gasteiger partial charge in [-0.25, -0.2) is 0 Å². The van der Waals surface area contributed by atoms with E-state index in [0.29, 0.717) is 0 Å². The van der Waals surface area contributed by atoms with Gasteiger partial charge in [-0.05, 0) is 47.2 Å². The van der Waals surface area contributed by atoms with Crippen molar-refractivity contribution in [2.45, 2.75) is 19.9 Å². The lowest BCUT2D eigenvalue weighted by molar-refractivity contribution is 0.606. The zero-order valence-corrected chi connectivity index (χ0v) is 11.4. The normalized spacial score (nSPS) is 10.5. The molecule has 0 atom stereocenters. The molecule has 0 radical (unpaired) electrons. The first-order valence-corrected chi connectivity index (χ1v) is 6.57. The molecule has 0 aromatic heterocycles. The highest BCUT2D eigenvalue weighted by Gasteiger charge is 1.96. The molecule has 0 amide bonds. The minimum atomic E-state index is 0.965. The van der Waals surface area contributed by atoms with E-state index in [1.54, 1.807) is 0 Å². The third-order valence-corrected chi connectivity index (χ3v) is 3.23. The molecule has 1 aromatic rings. The highest BCUT2D eigenvalue weighted by Crippen LogP contribution is 2.10. The number of nitrogens with one attached hydrogen (secondary N) is 2. The molecule has 84 valence electrons. The summed E-state index contributed by atoms with van der Waals surface area (Å²) in [5.74, 6) is 0. The van der Waals surface area contributed by atoms with E-state index in [-0.39, 0.29) is 0 Å². The second-order valence-electron chi connectivity index (χ2n) is 3.52. The van der Waals surface area contributed by atoms with E-state index in [4.69, 9.17) is 0 Å². The molecule has 0 saturated carbocycles. The fraction of sp³-hybridized carbons (Fsp3) is 0.500. The van der Waals surface area contributed by atoms with E-state index in [2.05, 4.69) is 64.4 Å². The van der Waals surface area contributed by atoms with Crippen LogP contribution in [-0.4, -0.2) is 19.6 Å². The first-order chi connectivity index (χ1) is 7.34. The van der Waals surface area contributed by atoms with Crippen LogP contribution in [0.5, 0.6) is 0 Å². The summed E-state index contributed by atoms with van der Waals surface area (Å²) >= 11 is 2.38. The fourth-order valence-electron chi connectivity index (χ4n) is 1.34. The van der Waals surface area contributed by atoms with Gasteiger partial charge in [0.25, 0.3) is 0 Å². The van der Waals surface area contributed by atoms with Crippen molar-refractivity contribution < 1.29 is 0 Å². The van der Waals surface area contributed by atoms with Crippen molar-refractivity contribution in [1.82, 2.24) is 10.6 Å². The van der Waals surface area contributed by atoms with Crippen LogP contribution in [0.2, 0.25) is 0 Å². The number of hydrogen-bond acceptors (Lipinski definition) is 2. The minimum Gasteiger partial charge on any atom is -0.315 e. The molecule has 1 aromatic carbocycles. The average molecular weight is 318 g/mol. The number of hydrogen-bond donors (Lipinski definition) is 2. The maximum Gasteiger partial charge on any atom is 0.0216 e.